The summed E-state index contributed by atoms with van der Waals surface area (Å²) >= 11 is 2.44. The van der Waals surface area contributed by atoms with Crippen molar-refractivity contribution in [3.8, 4) is 0 Å². The Bertz CT molecular complexity index is 1190. The molecule has 0 saturated carbocycles. The fourth-order valence-electron chi connectivity index (χ4n) is 3.19. The number of nitrogens with one attached hydrogen (secondary N) is 1. The van der Waals surface area contributed by atoms with Crippen LogP contribution in [0, 0.1) is 0 Å². The van der Waals surface area contributed by atoms with Crippen LogP contribution < -0.4 is 11.1 Å². The molecule has 2 aliphatic heterocycles. The van der Waals surface area contributed by atoms with Crippen LogP contribution in [0.25, 0.3) is 0 Å². The van der Waals surface area contributed by atoms with Crippen molar-refractivity contribution in [3.63, 3.8) is 0 Å². The molecule has 2 aromatic rings. The molecule has 4 heterocycles. The SMILES string of the molecule is CO/N=C(\C(=O)N[C@@H]1C(=O)N2C(C(=O)O)=C(CSc3nnnn3C)CS[C@H]12)c1c[se]c(N)n1.[NaH]. The molecule has 1 fully saturated rings. The number of nitrogens with two attached hydrogens (primary N) is 1. The van der Waals surface area contributed by atoms with Gasteiger partial charge in [0.05, 0.1) is 0 Å². The van der Waals surface area contributed by atoms with Crippen LogP contribution in [-0.2, 0) is 26.3 Å². The molecule has 4 N–H and O–H groups in total. The molecular weight excluding hydrogens is 564 g/mol. The fraction of sp³-hybridized carbons (Fsp3) is 0.375. The Labute approximate surface area is 229 Å². The van der Waals surface area contributed by atoms with Gasteiger partial charge in [-0.05, 0) is 10.4 Å². The number of rotatable bonds is 8. The Morgan fingerprint density at radius 1 is 1.50 bits per heavy atom. The molecule has 176 valence electrons. The van der Waals surface area contributed by atoms with E-state index in [-0.39, 0.29) is 61.2 Å². The monoisotopic (exact) mass is 583 g/mol. The fourth-order valence-corrected chi connectivity index (χ4v) is 6.68. The number of aliphatic carboxylic acids is 1. The topological polar surface area (TPSA) is 191 Å². The summed E-state index contributed by atoms with van der Waals surface area (Å²) in [5.74, 6) is -1.72. The number of carboxylic acid groups (broad SMARTS) is 1. The average Bonchev–Trinajstić information content (AvgIpc) is 3.40. The van der Waals surface area contributed by atoms with Gasteiger partial charge in [0.15, 0.2) is 0 Å². The zero-order chi connectivity index (χ0) is 23.7. The number of anilines is 1. The predicted octanol–water partition coefficient (Wildman–Crippen LogP) is -2.52. The van der Waals surface area contributed by atoms with E-state index in [2.05, 4.69) is 31.0 Å². The maximum absolute atomic E-state index is 12.9. The number of fused-ring (bicyclic) bond motifs is 1. The molecule has 0 unspecified atom stereocenters. The maximum atomic E-state index is 12.9. The third-order valence-corrected chi connectivity index (χ3v) is 8.51. The number of oxime groups is 1. The van der Waals surface area contributed by atoms with Gasteiger partial charge in [-0.25, -0.2) is 4.68 Å². The molecule has 2 atom stereocenters. The minimum atomic E-state index is -1.21. The number of carboxylic acids is 1. The molecule has 14 nitrogen and oxygen atoms in total. The van der Waals surface area contributed by atoms with Crippen LogP contribution in [0.5, 0.6) is 0 Å². The summed E-state index contributed by atoms with van der Waals surface area (Å²) in [5, 5.41) is 27.2. The molecule has 0 spiro atoms. The van der Waals surface area contributed by atoms with Gasteiger partial charge in [0.2, 0.25) is 5.16 Å². The van der Waals surface area contributed by atoms with Gasteiger partial charge >= 0.3 is 198 Å². The average molecular weight is 582 g/mol. The van der Waals surface area contributed by atoms with Crippen molar-refractivity contribution in [2.75, 3.05) is 24.3 Å². The van der Waals surface area contributed by atoms with E-state index in [9.17, 15) is 19.5 Å². The van der Waals surface area contributed by atoms with Crippen LogP contribution in [0.2, 0.25) is 0 Å². The number of thioether (sulfide) groups is 2. The first-order valence-electron chi connectivity index (χ1n) is 9.20. The minimum absolute atomic E-state index is 0. The Hall–Kier alpha value is -1.88. The Morgan fingerprint density at radius 3 is 2.85 bits per heavy atom. The molecule has 0 radical (unpaired) electrons. The van der Waals surface area contributed by atoms with Crippen LogP contribution in [-0.4, -0.2) is 133 Å². The molecule has 1 saturated heterocycles. The Balaban J connectivity index is 0.00000324. The summed E-state index contributed by atoms with van der Waals surface area (Å²) < 4.78 is 1.87. The normalized spacial score (nSPS) is 19.8. The molecule has 18 heteroatoms. The number of amides is 2. The van der Waals surface area contributed by atoms with Gasteiger partial charge in [0.1, 0.15) is 0 Å². The number of carbonyl (C=O) groups is 3. The third kappa shape index (κ3) is 5.19. The van der Waals surface area contributed by atoms with Crippen molar-refractivity contribution in [1.29, 1.82) is 0 Å². The number of nitrogens with zero attached hydrogens (tertiary/aromatic N) is 7. The van der Waals surface area contributed by atoms with Gasteiger partial charge in [0.25, 0.3) is 0 Å². The van der Waals surface area contributed by atoms with Gasteiger partial charge in [-0.3, -0.25) is 0 Å². The van der Waals surface area contributed by atoms with Gasteiger partial charge in [-0.15, -0.1) is 5.10 Å². The van der Waals surface area contributed by atoms with E-state index in [0.717, 1.165) is 0 Å². The van der Waals surface area contributed by atoms with Crippen LogP contribution in [0.1, 0.15) is 5.69 Å². The van der Waals surface area contributed by atoms with Gasteiger partial charge in [-0.1, -0.05) is 0 Å². The molecule has 2 aromatic heterocycles. The van der Waals surface area contributed by atoms with Crippen LogP contribution in [0.4, 0.5) is 4.69 Å². The molecule has 0 aliphatic carbocycles. The van der Waals surface area contributed by atoms with Crippen molar-refractivity contribution in [1.82, 2.24) is 35.4 Å². The van der Waals surface area contributed by atoms with E-state index in [4.69, 9.17) is 10.6 Å². The predicted molar refractivity (Wildman–Crippen MR) is 125 cm³/mol. The van der Waals surface area contributed by atoms with Gasteiger partial charge in [0, 0.05) is 7.05 Å². The zero-order valence-electron chi connectivity index (χ0n) is 17.2. The van der Waals surface area contributed by atoms with Crippen LogP contribution >= 0.6 is 23.5 Å². The van der Waals surface area contributed by atoms with Crippen molar-refractivity contribution in [2.24, 2.45) is 12.2 Å². The summed E-state index contributed by atoms with van der Waals surface area (Å²) in [4.78, 5) is 49.4. The number of hydrogen-bond acceptors (Lipinski definition) is 12. The zero-order valence-corrected chi connectivity index (χ0v) is 20.5. The van der Waals surface area contributed by atoms with Gasteiger partial charge < -0.3 is 0 Å². The number of tetrazole rings is 1. The van der Waals surface area contributed by atoms with E-state index in [1.165, 1.54) is 40.2 Å². The summed E-state index contributed by atoms with van der Waals surface area (Å²) in [7, 11) is 2.96. The third-order valence-electron chi connectivity index (χ3n) is 4.66. The first-order chi connectivity index (χ1) is 15.8. The molecular formula is C16H18N9NaO5S2Se. The van der Waals surface area contributed by atoms with Crippen molar-refractivity contribution in [3.05, 3.63) is 21.9 Å². The quantitative estimate of drug-likeness (QED) is 0.0975. The first kappa shape index (κ1) is 26.7. The second-order valence-electron chi connectivity index (χ2n) is 6.69. The first-order valence-corrected chi connectivity index (χ1v) is 13.1. The van der Waals surface area contributed by atoms with E-state index in [0.29, 0.717) is 26.9 Å². The summed E-state index contributed by atoms with van der Waals surface area (Å²) in [6, 6.07) is -0.912. The summed E-state index contributed by atoms with van der Waals surface area (Å²) in [6.45, 7) is 0. The molecule has 34 heavy (non-hydrogen) atoms. The van der Waals surface area contributed by atoms with Crippen molar-refractivity contribution in [2.45, 2.75) is 16.6 Å². The summed E-state index contributed by atoms with van der Waals surface area (Å²) in [6.07, 6.45) is 0. The van der Waals surface area contributed by atoms with Crippen LogP contribution in [0.3, 0.4) is 0 Å². The molecule has 2 amide bonds. The number of aromatic nitrogens is 5. The van der Waals surface area contributed by atoms with Crippen molar-refractivity contribution >= 4 is 95.8 Å². The molecule has 2 aliphatic rings. The van der Waals surface area contributed by atoms with Gasteiger partial charge in [-0.2, -0.15) is 0 Å². The Morgan fingerprint density at radius 2 is 2.26 bits per heavy atom. The Kier molecular flexibility index (Phi) is 8.83. The van der Waals surface area contributed by atoms with Crippen LogP contribution in [0.15, 0.2) is 26.5 Å². The van der Waals surface area contributed by atoms with E-state index < -0.39 is 29.2 Å². The summed E-state index contributed by atoms with van der Waals surface area (Å²) in [5.41, 5.74) is 6.35. The molecule has 0 aromatic carbocycles. The molecule has 4 rings (SSSR count). The van der Waals surface area contributed by atoms with Crippen molar-refractivity contribution < 1.29 is 24.3 Å². The second-order valence-corrected chi connectivity index (χ2v) is 10.6. The van der Waals surface area contributed by atoms with E-state index >= 15 is 0 Å². The standard InChI is InChI=1S/C16H17N9O5S2Se.Na.H/c1-24-16(20-22-23-24)32-4-6-3-31-13-9(12(27)25(13)10(6)14(28)29)19-11(26)8(21-30-2)7-5-33-15(17)18-7;;/h5,9,13H,3-4H2,1-2H3,(H2,17,18)(H,19,26)(H,28,29);;/b21-8-;;/t9-,13-;;/m1../s1. The number of β-lactam (4-membered cyclic amide) rings is 1. The number of aryl methyl sites for hydroxylation is 1. The number of hydrogen-bond donors (Lipinski definition) is 3. The second kappa shape index (κ2) is 11.2. The van der Waals surface area contributed by atoms with E-state index in [1.54, 1.807) is 12.0 Å². The molecule has 0 bridgehead atoms. The van der Waals surface area contributed by atoms with E-state index in [1.807, 2.05) is 0 Å². The number of carbonyl (C=O) groups excluding carboxylic acids is 2. The number of nitrogen functional groups attached to an aromatic ring is 1.